The van der Waals surface area contributed by atoms with Gasteiger partial charge in [0.05, 0.1) is 5.69 Å². The number of carbonyl (C=O) groups excluding carboxylic acids is 1. The van der Waals surface area contributed by atoms with Crippen LogP contribution in [0.15, 0.2) is 54.7 Å². The van der Waals surface area contributed by atoms with Gasteiger partial charge in [-0.1, -0.05) is 24.3 Å². The number of hydrogen-bond acceptors (Lipinski definition) is 8. The third-order valence-corrected chi connectivity index (χ3v) is 5.57. The lowest BCUT2D eigenvalue weighted by atomic mass is 10.1. The van der Waals surface area contributed by atoms with Crippen LogP contribution in [0.3, 0.4) is 0 Å². The molecule has 1 aromatic carbocycles. The number of aliphatic carboxylic acids is 4. The van der Waals surface area contributed by atoms with Crippen molar-refractivity contribution >= 4 is 41.8 Å². The van der Waals surface area contributed by atoms with Crippen molar-refractivity contribution in [2.24, 2.45) is 0 Å². The molecule has 0 saturated carbocycles. The molecule has 0 spiro atoms. The van der Waals surface area contributed by atoms with Gasteiger partial charge in [0.15, 0.2) is 5.78 Å². The number of hydrogen-bond donors (Lipinski definition) is 4. The molecule has 12 nitrogen and oxygen atoms in total. The second-order valence-electron chi connectivity index (χ2n) is 9.57. The predicted octanol–water partition coefficient (Wildman–Crippen LogP) is 4.72. The number of piperazine rings is 1. The first-order valence-corrected chi connectivity index (χ1v) is 13.3. The summed E-state index contributed by atoms with van der Waals surface area (Å²) < 4.78 is 95.2. The van der Waals surface area contributed by atoms with Crippen molar-refractivity contribution in [3.05, 3.63) is 77.1 Å². The summed E-state index contributed by atoms with van der Waals surface area (Å²) in [5, 5.41) is 30.0. The highest BCUT2D eigenvalue weighted by Crippen LogP contribution is 2.15. The number of carboxylic acids is 4. The van der Waals surface area contributed by atoms with Crippen molar-refractivity contribution in [2.45, 2.75) is 25.1 Å². The molecule has 4 N–H and O–H groups in total. The van der Waals surface area contributed by atoms with Crippen molar-refractivity contribution in [3.63, 3.8) is 0 Å². The number of pyridine rings is 1. The van der Waals surface area contributed by atoms with Gasteiger partial charge in [-0.25, -0.2) is 19.2 Å². The molecule has 0 bridgehead atoms. The summed E-state index contributed by atoms with van der Waals surface area (Å²) in [6.45, 7) is 5.08. The van der Waals surface area contributed by atoms with Gasteiger partial charge >= 0.3 is 42.4 Å². The number of benzene rings is 1. The fourth-order valence-corrected chi connectivity index (χ4v) is 3.13. The molecule has 0 atom stereocenters. The highest BCUT2D eigenvalue weighted by molar-refractivity contribution is 6.06. The van der Waals surface area contributed by atoms with Gasteiger partial charge in [0.1, 0.15) is 0 Å². The zero-order valence-electron chi connectivity index (χ0n) is 25.5. The molecule has 0 aliphatic carbocycles. The minimum atomic E-state index is -5.08. The first kappa shape index (κ1) is 44.7. The maximum absolute atomic E-state index is 12.5. The predicted molar refractivity (Wildman–Crippen MR) is 155 cm³/mol. The van der Waals surface area contributed by atoms with E-state index in [2.05, 4.69) is 27.9 Å². The van der Waals surface area contributed by atoms with E-state index in [1.165, 1.54) is 6.08 Å². The summed E-state index contributed by atoms with van der Waals surface area (Å²) in [6, 6.07) is 11.3. The van der Waals surface area contributed by atoms with Gasteiger partial charge in [-0.3, -0.25) is 14.7 Å². The summed E-state index contributed by atoms with van der Waals surface area (Å²) in [5.74, 6) is -9.34. The third-order valence-electron chi connectivity index (χ3n) is 5.57. The molecule has 2 aromatic rings. The monoisotopic (exact) mass is 733 g/mol. The largest absolute Gasteiger partial charge is 0.490 e. The van der Waals surface area contributed by atoms with Crippen LogP contribution in [0.1, 0.15) is 27.2 Å². The summed E-state index contributed by atoms with van der Waals surface area (Å²) >= 11 is 0. The number of nitrogens with zero attached hydrogens (tertiary/aromatic N) is 3. The number of carboxylic acid groups (broad SMARTS) is 4. The van der Waals surface area contributed by atoms with Gasteiger partial charge in [-0.15, -0.1) is 0 Å². The van der Waals surface area contributed by atoms with E-state index in [-0.39, 0.29) is 5.78 Å². The Morgan fingerprint density at radius 1 is 0.720 bits per heavy atom. The molecular weight excluding hydrogens is 705 g/mol. The normalized spacial score (nSPS) is 14.0. The second-order valence-corrected chi connectivity index (χ2v) is 9.57. The Balaban J connectivity index is 0.000000928. The van der Waals surface area contributed by atoms with Crippen LogP contribution in [-0.2, 0) is 25.7 Å². The molecule has 0 radical (unpaired) electrons. The van der Waals surface area contributed by atoms with E-state index in [1.807, 2.05) is 18.2 Å². The van der Waals surface area contributed by atoms with Crippen LogP contribution in [-0.4, -0.2) is 117 Å². The van der Waals surface area contributed by atoms with Crippen LogP contribution in [0, 0.1) is 0 Å². The number of aromatic nitrogens is 1. The smallest absolute Gasteiger partial charge is 0.478 e. The SMILES string of the molecule is CN1CCN(Cc2cccc(C(=O)/C=C/c3ccc(/C=C/C(=O)O)nc3)c2)CC1.O=C(O)C(F)(F)F.O=C(O)C(F)(F)F.O=C(O)C(F)(F)F. The number of halogens is 9. The lowest BCUT2D eigenvalue weighted by molar-refractivity contribution is -0.193. The van der Waals surface area contributed by atoms with Gasteiger partial charge in [0.2, 0.25) is 0 Å². The van der Waals surface area contributed by atoms with Crippen molar-refractivity contribution in [2.75, 3.05) is 33.2 Å². The third kappa shape index (κ3) is 20.1. The van der Waals surface area contributed by atoms with Crippen molar-refractivity contribution in [1.29, 1.82) is 0 Å². The lowest BCUT2D eigenvalue weighted by Gasteiger charge is -2.32. The zero-order valence-corrected chi connectivity index (χ0v) is 25.5. The van der Waals surface area contributed by atoms with Crippen LogP contribution in [0.5, 0.6) is 0 Å². The Labute approximate surface area is 276 Å². The van der Waals surface area contributed by atoms with Crippen LogP contribution in [0.2, 0.25) is 0 Å². The molecule has 0 unspecified atom stereocenters. The lowest BCUT2D eigenvalue weighted by Crippen LogP contribution is -2.43. The molecule has 50 heavy (non-hydrogen) atoms. The summed E-state index contributed by atoms with van der Waals surface area (Å²) in [6.07, 6.45) is -7.93. The Morgan fingerprint density at radius 3 is 1.60 bits per heavy atom. The van der Waals surface area contributed by atoms with Gasteiger partial charge < -0.3 is 25.3 Å². The molecule has 276 valence electrons. The van der Waals surface area contributed by atoms with Gasteiger partial charge in [-0.2, -0.15) is 39.5 Å². The summed E-state index contributed by atoms with van der Waals surface area (Å²) in [5.41, 5.74) is 3.14. The Hall–Kier alpha value is -5.31. The van der Waals surface area contributed by atoms with E-state index >= 15 is 0 Å². The molecule has 1 aliphatic heterocycles. The first-order chi connectivity index (χ1) is 22.8. The summed E-state index contributed by atoms with van der Waals surface area (Å²) in [4.78, 5) is 58.7. The fraction of sp³-hybridized carbons (Fsp3) is 0.310. The Bertz CT molecular complexity index is 1440. The molecule has 3 rings (SSSR count). The highest BCUT2D eigenvalue weighted by atomic mass is 19.4. The van der Waals surface area contributed by atoms with E-state index < -0.39 is 42.4 Å². The van der Waals surface area contributed by atoms with Crippen LogP contribution in [0.25, 0.3) is 12.2 Å². The van der Waals surface area contributed by atoms with Gasteiger partial charge in [0, 0.05) is 50.6 Å². The minimum Gasteiger partial charge on any atom is -0.478 e. The zero-order chi connectivity index (χ0) is 38.9. The fourth-order valence-electron chi connectivity index (χ4n) is 3.13. The number of ketones is 1. The molecule has 1 aromatic heterocycles. The van der Waals surface area contributed by atoms with E-state index in [1.54, 1.807) is 30.5 Å². The van der Waals surface area contributed by atoms with E-state index in [0.29, 0.717) is 11.3 Å². The standard InChI is InChI=1S/C23H25N3O3.3C2HF3O2/c1-25-11-13-26(14-12-25)17-19-3-2-4-20(15-19)22(27)9-6-18-5-7-21(24-16-18)8-10-23(28)29;3*3-2(4,5)1(6)7/h2-10,15-16H,11-14,17H2,1H3,(H,28,29);3*(H,6,7)/b9-6+,10-8+;;;. The van der Waals surface area contributed by atoms with Crippen molar-refractivity contribution in [3.8, 4) is 0 Å². The molecule has 1 fully saturated rings. The summed E-state index contributed by atoms with van der Waals surface area (Å²) in [7, 11) is 2.14. The molecule has 2 heterocycles. The number of likely N-dealkylation sites (N-methyl/N-ethyl adjacent to an activating group) is 1. The topological polar surface area (TPSA) is 186 Å². The first-order valence-electron chi connectivity index (χ1n) is 13.3. The number of alkyl halides is 9. The number of rotatable bonds is 7. The van der Waals surface area contributed by atoms with Gasteiger partial charge in [0.25, 0.3) is 0 Å². The average Bonchev–Trinajstić information content (AvgIpc) is 3.00. The maximum Gasteiger partial charge on any atom is 0.490 e. The average molecular weight is 734 g/mol. The van der Waals surface area contributed by atoms with Crippen molar-refractivity contribution < 1.29 is 83.9 Å². The van der Waals surface area contributed by atoms with Crippen LogP contribution >= 0.6 is 0 Å². The van der Waals surface area contributed by atoms with Gasteiger partial charge in [-0.05, 0) is 48.5 Å². The van der Waals surface area contributed by atoms with E-state index in [9.17, 15) is 49.1 Å². The van der Waals surface area contributed by atoms with E-state index in [0.717, 1.165) is 49.9 Å². The molecule has 1 saturated heterocycles. The maximum atomic E-state index is 12.5. The number of allylic oxidation sites excluding steroid dienone is 1. The van der Waals surface area contributed by atoms with Crippen LogP contribution < -0.4 is 0 Å². The Morgan fingerprint density at radius 2 is 1.20 bits per heavy atom. The molecule has 21 heteroatoms. The second kappa shape index (κ2) is 20.3. The Kier molecular flexibility index (Phi) is 18.1. The molecular formula is C29H28F9N3O9. The minimum absolute atomic E-state index is 0.0555. The van der Waals surface area contributed by atoms with Crippen molar-refractivity contribution in [1.82, 2.24) is 14.8 Å². The van der Waals surface area contributed by atoms with Crippen LogP contribution in [0.4, 0.5) is 39.5 Å². The molecule has 0 amide bonds. The molecule has 1 aliphatic rings. The quantitative estimate of drug-likeness (QED) is 0.175. The van der Waals surface area contributed by atoms with E-state index in [4.69, 9.17) is 34.8 Å². The number of carbonyl (C=O) groups is 5. The highest BCUT2D eigenvalue weighted by Gasteiger charge is 2.39.